The Hall–Kier alpha value is -2.08. The standard InChI is InChI=1S/C34H57NO9/c1-10-27(42-31(39)20-35(8)9)24(5)33-28(43-33)18-21(2)12-11-13-22(3)32-23(4)14-15-29(41-25(6)36)34(7,40)17-16-26(37)19-30(38)44-32/h11-15,21,23-24,26-30,32-33,37-38,40H,10,16-20H2,1-9H3/b12-11+,15-14+,22-13+. The molecule has 0 aromatic heterocycles. The first-order valence-corrected chi connectivity index (χ1v) is 16.0. The van der Waals surface area contributed by atoms with Gasteiger partial charge in [-0.2, -0.15) is 0 Å². The van der Waals surface area contributed by atoms with Gasteiger partial charge in [-0.05, 0) is 71.2 Å². The highest BCUT2D eigenvalue weighted by Gasteiger charge is 2.46. The number of ether oxygens (including phenoxy) is 4. The van der Waals surface area contributed by atoms with Crippen molar-refractivity contribution in [3.05, 3.63) is 36.0 Å². The molecule has 3 N–H and O–H groups in total. The van der Waals surface area contributed by atoms with E-state index in [-0.39, 0.29) is 67.8 Å². The van der Waals surface area contributed by atoms with E-state index in [1.165, 1.54) is 6.92 Å². The number of nitrogens with zero attached hydrogens (tertiary/aromatic N) is 1. The van der Waals surface area contributed by atoms with Gasteiger partial charge in [0.1, 0.15) is 17.8 Å². The summed E-state index contributed by atoms with van der Waals surface area (Å²) in [6.07, 6.45) is 7.97. The van der Waals surface area contributed by atoms with Crippen LogP contribution < -0.4 is 0 Å². The van der Waals surface area contributed by atoms with Gasteiger partial charge in [0.2, 0.25) is 0 Å². The summed E-state index contributed by atoms with van der Waals surface area (Å²) in [7, 11) is 3.68. The Balaban J connectivity index is 2.06. The average Bonchev–Trinajstić information content (AvgIpc) is 3.68. The van der Waals surface area contributed by atoms with Crippen LogP contribution in [-0.4, -0.2) is 101 Å². The van der Waals surface area contributed by atoms with Crippen LogP contribution >= 0.6 is 0 Å². The van der Waals surface area contributed by atoms with Crippen molar-refractivity contribution in [3.63, 3.8) is 0 Å². The molecule has 1 saturated heterocycles. The van der Waals surface area contributed by atoms with Crippen LogP contribution in [0.2, 0.25) is 0 Å². The molecule has 1 fully saturated rings. The van der Waals surface area contributed by atoms with Gasteiger partial charge in [0.05, 0.1) is 31.0 Å². The van der Waals surface area contributed by atoms with Crippen LogP contribution in [-0.2, 0) is 28.5 Å². The van der Waals surface area contributed by atoms with Crippen LogP contribution in [0.5, 0.6) is 0 Å². The Morgan fingerprint density at radius 3 is 2.45 bits per heavy atom. The number of rotatable bonds is 12. The molecule has 0 aromatic carbocycles. The van der Waals surface area contributed by atoms with Crippen LogP contribution in [0.1, 0.15) is 80.6 Å². The van der Waals surface area contributed by atoms with Crippen molar-refractivity contribution in [2.75, 3.05) is 20.6 Å². The summed E-state index contributed by atoms with van der Waals surface area (Å²) in [4.78, 5) is 25.7. The van der Waals surface area contributed by atoms with E-state index in [1.807, 2.05) is 53.1 Å². The molecule has 11 atom stereocenters. The van der Waals surface area contributed by atoms with E-state index in [9.17, 15) is 24.9 Å². The fourth-order valence-electron chi connectivity index (χ4n) is 5.74. The molecule has 2 aliphatic heterocycles. The third-order valence-electron chi connectivity index (χ3n) is 8.44. The number of hydrogen-bond acceptors (Lipinski definition) is 10. The Kier molecular flexibility index (Phi) is 15.2. The summed E-state index contributed by atoms with van der Waals surface area (Å²) in [5.41, 5.74) is -0.519. The molecule has 10 nitrogen and oxygen atoms in total. The lowest BCUT2D eigenvalue weighted by Crippen LogP contribution is -2.42. The minimum atomic E-state index is -1.39. The van der Waals surface area contributed by atoms with Gasteiger partial charge in [-0.25, -0.2) is 0 Å². The van der Waals surface area contributed by atoms with Gasteiger partial charge < -0.3 is 34.3 Å². The molecule has 2 rings (SSSR count). The number of esters is 2. The largest absolute Gasteiger partial charge is 0.461 e. The molecular weight excluding hydrogens is 566 g/mol. The van der Waals surface area contributed by atoms with Crippen LogP contribution in [0.3, 0.4) is 0 Å². The SMILES string of the molecule is CCC(OC(=O)CN(C)C)C(C)C1OC1CC(C)/C=C/C=C(\C)C1OC(O)CC(O)CCC(C)(O)C(OC(C)=O)/C=C/C1C. The summed E-state index contributed by atoms with van der Waals surface area (Å²) in [6.45, 7) is 13.2. The number of allylic oxidation sites excluding steroid dienone is 3. The molecule has 0 saturated carbocycles. The molecule has 10 heteroatoms. The molecule has 0 aliphatic carbocycles. The van der Waals surface area contributed by atoms with Gasteiger partial charge in [-0.3, -0.25) is 14.5 Å². The quantitative estimate of drug-likeness (QED) is 0.127. The summed E-state index contributed by atoms with van der Waals surface area (Å²) >= 11 is 0. The van der Waals surface area contributed by atoms with Crippen molar-refractivity contribution >= 4 is 11.9 Å². The first-order valence-electron chi connectivity index (χ1n) is 16.0. The predicted molar refractivity (Wildman–Crippen MR) is 168 cm³/mol. The first-order chi connectivity index (χ1) is 20.5. The Morgan fingerprint density at radius 1 is 1.16 bits per heavy atom. The van der Waals surface area contributed by atoms with Gasteiger partial charge >= 0.3 is 11.9 Å². The maximum absolute atomic E-state index is 12.2. The van der Waals surface area contributed by atoms with Crippen molar-refractivity contribution in [1.82, 2.24) is 4.90 Å². The third-order valence-corrected chi connectivity index (χ3v) is 8.44. The molecule has 0 spiro atoms. The summed E-state index contributed by atoms with van der Waals surface area (Å²) in [6, 6.07) is 0. The zero-order valence-electron chi connectivity index (χ0n) is 28.1. The van der Waals surface area contributed by atoms with E-state index in [0.717, 1.165) is 18.4 Å². The highest BCUT2D eigenvalue weighted by molar-refractivity contribution is 5.71. The Labute approximate surface area is 264 Å². The minimum Gasteiger partial charge on any atom is -0.461 e. The molecule has 11 unspecified atom stereocenters. The maximum Gasteiger partial charge on any atom is 0.320 e. The molecule has 2 aliphatic rings. The molecule has 252 valence electrons. The van der Waals surface area contributed by atoms with E-state index in [2.05, 4.69) is 19.9 Å². The number of carbonyl (C=O) groups excluding carboxylic acids is 2. The van der Waals surface area contributed by atoms with Crippen molar-refractivity contribution in [1.29, 1.82) is 0 Å². The molecule has 0 radical (unpaired) electrons. The molecule has 0 aromatic rings. The monoisotopic (exact) mass is 623 g/mol. The summed E-state index contributed by atoms with van der Waals surface area (Å²) in [5, 5.41) is 32.1. The average molecular weight is 624 g/mol. The molecule has 44 heavy (non-hydrogen) atoms. The molecule has 0 amide bonds. The fraction of sp³-hybridized carbons (Fsp3) is 0.765. The zero-order valence-corrected chi connectivity index (χ0v) is 28.1. The zero-order chi connectivity index (χ0) is 33.2. The molecule has 0 bridgehead atoms. The lowest BCUT2D eigenvalue weighted by atomic mass is 9.88. The first kappa shape index (κ1) is 38.1. The topological polar surface area (TPSA) is 138 Å². The normalized spacial score (nSPS) is 34.8. The second-order valence-corrected chi connectivity index (χ2v) is 13.3. The van der Waals surface area contributed by atoms with Gasteiger partial charge in [-0.15, -0.1) is 0 Å². The van der Waals surface area contributed by atoms with E-state index in [1.54, 1.807) is 17.9 Å². The van der Waals surface area contributed by atoms with Crippen molar-refractivity contribution in [2.24, 2.45) is 17.8 Å². The number of carbonyl (C=O) groups is 2. The van der Waals surface area contributed by atoms with Gasteiger partial charge in [0.15, 0.2) is 6.29 Å². The van der Waals surface area contributed by atoms with Crippen LogP contribution in [0.4, 0.5) is 0 Å². The molecule has 2 heterocycles. The van der Waals surface area contributed by atoms with Crippen molar-refractivity contribution < 1.29 is 43.9 Å². The second-order valence-electron chi connectivity index (χ2n) is 13.3. The van der Waals surface area contributed by atoms with Crippen LogP contribution in [0.15, 0.2) is 36.0 Å². The van der Waals surface area contributed by atoms with E-state index < -0.39 is 36.2 Å². The predicted octanol–water partition coefficient (Wildman–Crippen LogP) is 3.93. The maximum atomic E-state index is 12.2. The number of hydrogen-bond donors (Lipinski definition) is 3. The lowest BCUT2D eigenvalue weighted by molar-refractivity contribution is -0.160. The molecular formula is C34H57NO9. The number of aliphatic hydroxyl groups excluding tert-OH is 2. The van der Waals surface area contributed by atoms with Gasteiger partial charge in [-0.1, -0.05) is 52.0 Å². The van der Waals surface area contributed by atoms with Crippen LogP contribution in [0, 0.1) is 17.8 Å². The Morgan fingerprint density at radius 2 is 1.84 bits per heavy atom. The number of likely N-dealkylation sites (N-methyl/N-ethyl adjacent to an activating group) is 1. The van der Waals surface area contributed by atoms with E-state index in [4.69, 9.17) is 18.9 Å². The minimum absolute atomic E-state index is 0.00385. The van der Waals surface area contributed by atoms with E-state index in [0.29, 0.717) is 0 Å². The van der Waals surface area contributed by atoms with Gasteiger partial charge in [0, 0.05) is 25.2 Å². The lowest BCUT2D eigenvalue weighted by Gasteiger charge is -2.33. The smallest absolute Gasteiger partial charge is 0.320 e. The second kappa shape index (κ2) is 17.6. The summed E-state index contributed by atoms with van der Waals surface area (Å²) in [5.74, 6) is -0.627. The Bertz CT molecular complexity index is 1010. The highest BCUT2D eigenvalue weighted by atomic mass is 16.6. The fourth-order valence-corrected chi connectivity index (χ4v) is 5.74. The number of aliphatic hydroxyl groups is 3. The van der Waals surface area contributed by atoms with Crippen molar-refractivity contribution in [2.45, 2.75) is 129 Å². The van der Waals surface area contributed by atoms with Crippen molar-refractivity contribution in [3.8, 4) is 0 Å². The van der Waals surface area contributed by atoms with Crippen LogP contribution in [0.25, 0.3) is 0 Å². The highest BCUT2D eigenvalue weighted by Crippen LogP contribution is 2.37. The number of epoxide rings is 1. The van der Waals surface area contributed by atoms with Gasteiger partial charge in [0.25, 0.3) is 0 Å². The van der Waals surface area contributed by atoms with E-state index >= 15 is 0 Å². The summed E-state index contributed by atoms with van der Waals surface area (Å²) < 4.78 is 23.1. The third kappa shape index (κ3) is 12.7.